The molecule has 0 saturated heterocycles. The minimum atomic E-state index is -0.653. The number of benzene rings is 1. The number of nitrogens with one attached hydrogen (secondary N) is 1. The zero-order valence-electron chi connectivity index (χ0n) is 11.8. The quantitative estimate of drug-likeness (QED) is 0.796. The molecule has 0 radical (unpaired) electrons. The van der Waals surface area contributed by atoms with Crippen LogP contribution in [0.2, 0.25) is 5.02 Å². The van der Waals surface area contributed by atoms with E-state index < -0.39 is 17.7 Å². The van der Waals surface area contributed by atoms with Crippen LogP contribution in [0.25, 0.3) is 0 Å². The SMILES string of the molecule is CNC(c1cc(F)c(Cl)cc1F)c1c(Br)cnn1C(C)C. The van der Waals surface area contributed by atoms with E-state index in [2.05, 4.69) is 26.3 Å². The van der Waals surface area contributed by atoms with E-state index in [4.69, 9.17) is 11.6 Å². The maximum Gasteiger partial charge on any atom is 0.142 e. The van der Waals surface area contributed by atoms with Crippen molar-refractivity contribution in [1.29, 1.82) is 0 Å². The molecule has 21 heavy (non-hydrogen) atoms. The van der Waals surface area contributed by atoms with Gasteiger partial charge < -0.3 is 5.32 Å². The molecule has 0 fully saturated rings. The van der Waals surface area contributed by atoms with Crippen LogP contribution in [0.3, 0.4) is 0 Å². The van der Waals surface area contributed by atoms with Crippen LogP contribution in [0.1, 0.15) is 37.2 Å². The number of hydrogen-bond acceptors (Lipinski definition) is 2. The van der Waals surface area contributed by atoms with Crippen LogP contribution in [0.4, 0.5) is 8.78 Å². The van der Waals surface area contributed by atoms with Crippen molar-refractivity contribution in [3.63, 3.8) is 0 Å². The van der Waals surface area contributed by atoms with E-state index in [0.717, 1.165) is 22.3 Å². The zero-order chi connectivity index (χ0) is 15.7. The van der Waals surface area contributed by atoms with E-state index in [1.807, 2.05) is 13.8 Å². The van der Waals surface area contributed by atoms with Crippen LogP contribution in [-0.4, -0.2) is 16.8 Å². The lowest BCUT2D eigenvalue weighted by atomic mass is 10.0. The molecule has 7 heteroatoms. The largest absolute Gasteiger partial charge is 0.308 e. The van der Waals surface area contributed by atoms with Crippen molar-refractivity contribution < 1.29 is 8.78 Å². The van der Waals surface area contributed by atoms with Gasteiger partial charge in [-0.15, -0.1) is 0 Å². The highest BCUT2D eigenvalue weighted by Gasteiger charge is 2.25. The minimum absolute atomic E-state index is 0.0855. The molecule has 0 amide bonds. The van der Waals surface area contributed by atoms with E-state index in [1.165, 1.54) is 0 Å². The molecule has 1 aromatic carbocycles. The zero-order valence-corrected chi connectivity index (χ0v) is 14.1. The predicted octanol–water partition coefficient (Wildman–Crippen LogP) is 4.47. The molecule has 1 heterocycles. The third-order valence-corrected chi connectivity index (χ3v) is 4.09. The Bertz CT molecular complexity index is 658. The van der Waals surface area contributed by atoms with E-state index in [-0.39, 0.29) is 16.6 Å². The second kappa shape index (κ2) is 6.42. The first-order chi connectivity index (χ1) is 9.86. The van der Waals surface area contributed by atoms with Gasteiger partial charge in [-0.3, -0.25) is 4.68 Å². The van der Waals surface area contributed by atoms with Crippen molar-refractivity contribution in [2.45, 2.75) is 25.9 Å². The summed E-state index contributed by atoms with van der Waals surface area (Å²) in [5.41, 5.74) is 0.913. The standard InChI is InChI=1S/C14H15BrClF2N3/c1-7(2)21-14(9(15)6-20-21)13(19-3)8-4-12(18)10(16)5-11(8)17/h4-7,13,19H,1-3H3. The van der Waals surface area contributed by atoms with E-state index >= 15 is 0 Å². The van der Waals surface area contributed by atoms with Gasteiger partial charge in [0, 0.05) is 11.6 Å². The lowest BCUT2D eigenvalue weighted by Gasteiger charge is -2.21. The van der Waals surface area contributed by atoms with Gasteiger partial charge in [-0.2, -0.15) is 5.10 Å². The maximum absolute atomic E-state index is 14.2. The van der Waals surface area contributed by atoms with Crippen molar-refractivity contribution in [3.8, 4) is 0 Å². The fraction of sp³-hybridized carbons (Fsp3) is 0.357. The van der Waals surface area contributed by atoms with E-state index in [0.29, 0.717) is 0 Å². The Labute approximate surface area is 135 Å². The highest BCUT2D eigenvalue weighted by atomic mass is 79.9. The highest BCUT2D eigenvalue weighted by Crippen LogP contribution is 2.33. The summed E-state index contributed by atoms with van der Waals surface area (Å²) in [5.74, 6) is -1.22. The first kappa shape index (κ1) is 16.4. The maximum atomic E-state index is 14.2. The topological polar surface area (TPSA) is 29.9 Å². The molecule has 1 atom stereocenters. The number of halogens is 4. The summed E-state index contributed by atoms with van der Waals surface area (Å²) >= 11 is 9.03. The number of rotatable bonds is 4. The van der Waals surface area contributed by atoms with Crippen LogP contribution >= 0.6 is 27.5 Å². The highest BCUT2D eigenvalue weighted by molar-refractivity contribution is 9.10. The van der Waals surface area contributed by atoms with Crippen molar-refractivity contribution >= 4 is 27.5 Å². The monoisotopic (exact) mass is 377 g/mol. The number of aromatic nitrogens is 2. The summed E-state index contributed by atoms with van der Waals surface area (Å²) in [6, 6.07) is 1.64. The molecule has 0 bridgehead atoms. The van der Waals surface area contributed by atoms with E-state index in [9.17, 15) is 8.78 Å². The van der Waals surface area contributed by atoms with Gasteiger partial charge >= 0.3 is 0 Å². The molecule has 0 aliphatic rings. The van der Waals surface area contributed by atoms with Gasteiger partial charge in [-0.1, -0.05) is 11.6 Å². The average molecular weight is 379 g/mol. The molecule has 1 unspecified atom stereocenters. The summed E-state index contributed by atoms with van der Waals surface area (Å²) in [6.07, 6.45) is 1.64. The molecule has 114 valence electrons. The fourth-order valence-corrected chi connectivity index (χ4v) is 2.88. The summed E-state index contributed by atoms with van der Waals surface area (Å²) in [7, 11) is 1.68. The fourth-order valence-electron chi connectivity index (χ4n) is 2.23. The van der Waals surface area contributed by atoms with Crippen molar-refractivity contribution in [2.75, 3.05) is 7.05 Å². The molecule has 0 saturated carbocycles. The molecule has 3 nitrogen and oxygen atoms in total. The molecule has 0 spiro atoms. The normalized spacial score (nSPS) is 13.0. The Balaban J connectivity index is 2.60. The molecule has 0 aliphatic heterocycles. The van der Waals surface area contributed by atoms with Gasteiger partial charge in [-0.05, 0) is 49.0 Å². The Morgan fingerprint density at radius 1 is 1.29 bits per heavy atom. The smallest absolute Gasteiger partial charge is 0.142 e. The van der Waals surface area contributed by atoms with E-state index in [1.54, 1.807) is 17.9 Å². The molecular formula is C14H15BrClF2N3. The third-order valence-electron chi connectivity index (χ3n) is 3.19. The summed E-state index contributed by atoms with van der Waals surface area (Å²) in [6.45, 7) is 3.93. The van der Waals surface area contributed by atoms with Crippen LogP contribution in [0.5, 0.6) is 0 Å². The molecule has 0 aliphatic carbocycles. The average Bonchev–Trinajstić information content (AvgIpc) is 2.79. The Hall–Kier alpha value is -0.980. The third kappa shape index (κ3) is 3.12. The molecule has 1 aromatic heterocycles. The van der Waals surface area contributed by atoms with Crippen LogP contribution in [-0.2, 0) is 0 Å². The number of nitrogens with zero attached hydrogens (tertiary/aromatic N) is 2. The van der Waals surface area contributed by atoms with Gasteiger partial charge in [0.2, 0.25) is 0 Å². The molecule has 1 N–H and O–H groups in total. The van der Waals surface area contributed by atoms with Gasteiger partial charge in [0.15, 0.2) is 0 Å². The van der Waals surface area contributed by atoms with Gasteiger partial charge in [0.05, 0.1) is 27.4 Å². The molecular weight excluding hydrogens is 364 g/mol. The van der Waals surface area contributed by atoms with Crippen molar-refractivity contribution in [3.05, 3.63) is 50.7 Å². The Morgan fingerprint density at radius 3 is 2.52 bits per heavy atom. The summed E-state index contributed by atoms with van der Waals surface area (Å²) in [4.78, 5) is 0. The summed E-state index contributed by atoms with van der Waals surface area (Å²) < 4.78 is 30.4. The Kier molecular flexibility index (Phi) is 5.01. The van der Waals surface area contributed by atoms with Crippen molar-refractivity contribution in [1.82, 2.24) is 15.1 Å². The summed E-state index contributed by atoms with van der Waals surface area (Å²) in [5, 5.41) is 7.04. The Morgan fingerprint density at radius 2 is 1.95 bits per heavy atom. The van der Waals surface area contributed by atoms with Gasteiger partial charge in [0.1, 0.15) is 11.6 Å². The predicted molar refractivity (Wildman–Crippen MR) is 82.6 cm³/mol. The van der Waals surface area contributed by atoms with Crippen LogP contribution in [0, 0.1) is 11.6 Å². The lowest BCUT2D eigenvalue weighted by molar-refractivity contribution is 0.473. The second-order valence-electron chi connectivity index (χ2n) is 4.93. The van der Waals surface area contributed by atoms with Gasteiger partial charge in [0.25, 0.3) is 0 Å². The second-order valence-corrected chi connectivity index (χ2v) is 6.19. The minimum Gasteiger partial charge on any atom is -0.308 e. The van der Waals surface area contributed by atoms with Gasteiger partial charge in [-0.25, -0.2) is 8.78 Å². The van der Waals surface area contributed by atoms with Crippen LogP contribution in [0.15, 0.2) is 22.8 Å². The first-order valence-electron chi connectivity index (χ1n) is 6.41. The first-order valence-corrected chi connectivity index (χ1v) is 7.58. The van der Waals surface area contributed by atoms with Crippen LogP contribution < -0.4 is 5.32 Å². The van der Waals surface area contributed by atoms with Crippen molar-refractivity contribution in [2.24, 2.45) is 0 Å². The lowest BCUT2D eigenvalue weighted by Crippen LogP contribution is -2.24. The molecule has 2 aromatic rings. The molecule has 2 rings (SSSR count). The number of hydrogen-bond donors (Lipinski definition) is 1.